The first kappa shape index (κ1) is 40.4. The summed E-state index contributed by atoms with van der Waals surface area (Å²) in [5.74, 6) is -3.92. The molecule has 11 nitrogen and oxygen atoms in total. The SMILES string of the molecule is CCN(CC)c1ccc(N2C/C=C\CCC(=O)N(C)[C@H](C)[C@@H](c3ccccc3)OC(=O)[C@@H]3[C@H]4O[C@@]5(C=C4Br)[C@H](C2=O)N([C@@H](CO)Cc2ccccc2)C(=O)[C@@H]35)cc1. The number of halogens is 1. The van der Waals surface area contributed by atoms with E-state index in [1.165, 1.54) is 4.90 Å². The first-order valence-corrected chi connectivity index (χ1v) is 20.7. The Kier molecular flexibility index (Phi) is 12.0. The second-order valence-electron chi connectivity index (χ2n) is 15.3. The van der Waals surface area contributed by atoms with Crippen LogP contribution in [0, 0.1) is 11.8 Å². The molecule has 2 fully saturated rings. The fraction of sp³-hybridized carbons (Fsp3) is 0.422. The van der Waals surface area contributed by atoms with E-state index in [2.05, 4.69) is 34.7 Å². The van der Waals surface area contributed by atoms with Crippen molar-refractivity contribution in [2.24, 2.45) is 11.8 Å². The van der Waals surface area contributed by atoms with Crippen molar-refractivity contribution in [3.8, 4) is 0 Å². The molecule has 0 aromatic heterocycles. The van der Waals surface area contributed by atoms with E-state index in [1.54, 1.807) is 22.9 Å². The number of amides is 3. The number of allylic oxidation sites excluding steroid dienone is 1. The lowest BCUT2D eigenvalue weighted by Crippen LogP contribution is -2.59. The fourth-order valence-corrected chi connectivity index (χ4v) is 9.78. The molecule has 1 N–H and O–H groups in total. The van der Waals surface area contributed by atoms with Gasteiger partial charge in [0.15, 0.2) is 0 Å². The van der Waals surface area contributed by atoms with E-state index >= 15 is 9.59 Å². The standard InChI is InChI=1S/C45H51BrN4O7/c1-5-48(6-2)32-21-23-33(24-22-32)49-25-15-9-14-20-36(52)47(4)29(3)39(31-18-12-8-13-19-31)56-44(55)37-38-42(53)50(34(28-51)26-30-16-10-7-11-17-30)41(43(49)54)45(38)27-35(46)40(37)57-45/h7-13,15-19,21-24,27,29,34,37-41,51H,5-6,14,20,25-26,28H2,1-4H3/b15-9-/t29-,34-,37+,38-,39+,40+,41+,45-/m1/s1. The van der Waals surface area contributed by atoms with Gasteiger partial charge in [-0.15, -0.1) is 0 Å². The lowest BCUT2D eigenvalue weighted by Gasteiger charge is -2.39. The maximum Gasteiger partial charge on any atom is 0.313 e. The van der Waals surface area contributed by atoms with Gasteiger partial charge in [-0.2, -0.15) is 0 Å². The molecule has 8 atom stereocenters. The highest BCUT2D eigenvalue weighted by Crippen LogP contribution is 2.59. The minimum absolute atomic E-state index is 0.125. The fourth-order valence-electron chi connectivity index (χ4n) is 9.04. The zero-order chi connectivity index (χ0) is 40.4. The van der Waals surface area contributed by atoms with E-state index in [-0.39, 0.29) is 25.3 Å². The molecular formula is C45H51BrN4O7. The molecule has 1 spiro atoms. The topological polar surface area (TPSA) is 120 Å². The van der Waals surface area contributed by atoms with Gasteiger partial charge in [0.25, 0.3) is 5.91 Å². The predicted molar refractivity (Wildman–Crippen MR) is 221 cm³/mol. The van der Waals surface area contributed by atoms with Crippen molar-refractivity contribution < 1.29 is 33.8 Å². The highest BCUT2D eigenvalue weighted by molar-refractivity contribution is 9.11. The number of aliphatic hydroxyl groups is 1. The van der Waals surface area contributed by atoms with E-state index in [9.17, 15) is 14.7 Å². The van der Waals surface area contributed by atoms with Gasteiger partial charge in [0, 0.05) is 49.0 Å². The Labute approximate surface area is 343 Å². The molecule has 2 saturated heterocycles. The van der Waals surface area contributed by atoms with Crippen molar-refractivity contribution >= 4 is 51.0 Å². The molecule has 300 valence electrons. The number of carbonyl (C=O) groups is 4. The average Bonchev–Trinajstić information content (AvgIpc) is 3.83. The van der Waals surface area contributed by atoms with E-state index in [1.807, 2.05) is 104 Å². The summed E-state index contributed by atoms with van der Waals surface area (Å²) in [4.78, 5) is 66.0. The van der Waals surface area contributed by atoms with Crippen molar-refractivity contribution in [1.29, 1.82) is 0 Å². The molecule has 7 rings (SSSR count). The number of aliphatic hydroxyl groups excluding tert-OH is 1. The van der Waals surface area contributed by atoms with Crippen LogP contribution in [-0.4, -0.2) is 102 Å². The number of esters is 1. The highest BCUT2D eigenvalue weighted by Gasteiger charge is 2.75. The molecule has 0 unspecified atom stereocenters. The number of benzene rings is 3. The number of anilines is 2. The number of likely N-dealkylation sites (tertiary alicyclic amines) is 1. The Bertz CT molecular complexity index is 2010. The normalized spacial score (nSPS) is 28.9. The maximum atomic E-state index is 15.5. The largest absolute Gasteiger partial charge is 0.455 e. The number of nitrogens with zero attached hydrogens (tertiary/aromatic N) is 4. The van der Waals surface area contributed by atoms with Gasteiger partial charge in [0.1, 0.15) is 29.8 Å². The van der Waals surface area contributed by atoms with Crippen LogP contribution >= 0.6 is 15.9 Å². The Morgan fingerprint density at radius 2 is 1.56 bits per heavy atom. The number of hydrogen-bond acceptors (Lipinski definition) is 8. The van der Waals surface area contributed by atoms with Gasteiger partial charge >= 0.3 is 5.97 Å². The zero-order valence-corrected chi connectivity index (χ0v) is 34.5. The van der Waals surface area contributed by atoms with E-state index in [0.717, 1.165) is 24.3 Å². The van der Waals surface area contributed by atoms with Crippen LogP contribution in [0.25, 0.3) is 0 Å². The van der Waals surface area contributed by atoms with E-state index in [0.29, 0.717) is 22.2 Å². The van der Waals surface area contributed by atoms with Crippen LogP contribution in [0.1, 0.15) is 50.8 Å². The van der Waals surface area contributed by atoms with Gasteiger partial charge in [0.05, 0.1) is 24.6 Å². The van der Waals surface area contributed by atoms with Crippen LogP contribution in [0.15, 0.2) is 108 Å². The first-order valence-electron chi connectivity index (χ1n) is 19.9. The summed E-state index contributed by atoms with van der Waals surface area (Å²) in [5.41, 5.74) is 1.64. The van der Waals surface area contributed by atoms with Crippen LogP contribution in [0.4, 0.5) is 11.4 Å². The van der Waals surface area contributed by atoms with Crippen molar-refractivity contribution in [3.05, 3.63) is 119 Å². The Morgan fingerprint density at radius 3 is 2.21 bits per heavy atom. The lowest BCUT2D eigenvalue weighted by atomic mass is 9.74. The quantitative estimate of drug-likeness (QED) is 0.212. The van der Waals surface area contributed by atoms with Crippen LogP contribution in [0.3, 0.4) is 0 Å². The molecule has 3 aromatic rings. The number of cyclic esters (lactones) is 1. The maximum absolute atomic E-state index is 15.5. The number of ether oxygens (including phenoxy) is 2. The second kappa shape index (κ2) is 17.0. The predicted octanol–water partition coefficient (Wildman–Crippen LogP) is 5.82. The minimum Gasteiger partial charge on any atom is -0.455 e. The van der Waals surface area contributed by atoms with E-state index < -0.39 is 72.2 Å². The van der Waals surface area contributed by atoms with Gasteiger partial charge in [-0.3, -0.25) is 19.2 Å². The van der Waals surface area contributed by atoms with Gasteiger partial charge in [-0.1, -0.05) is 88.7 Å². The highest BCUT2D eigenvalue weighted by atomic mass is 79.9. The van der Waals surface area contributed by atoms with Gasteiger partial charge in [-0.25, -0.2) is 0 Å². The van der Waals surface area contributed by atoms with Gasteiger partial charge in [0.2, 0.25) is 11.8 Å². The molecule has 57 heavy (non-hydrogen) atoms. The van der Waals surface area contributed by atoms with Crippen LogP contribution in [-0.2, 0) is 35.1 Å². The van der Waals surface area contributed by atoms with Crippen molar-refractivity contribution in [3.63, 3.8) is 0 Å². The minimum atomic E-state index is -1.55. The average molecular weight is 840 g/mol. The third kappa shape index (κ3) is 7.43. The molecule has 4 aliphatic rings. The molecule has 0 radical (unpaired) electrons. The summed E-state index contributed by atoms with van der Waals surface area (Å²) in [5, 5.41) is 11.0. The summed E-state index contributed by atoms with van der Waals surface area (Å²) in [6.07, 6.45) is 4.68. The second-order valence-corrected chi connectivity index (χ2v) is 16.2. The molecule has 3 amide bonds. The third-order valence-corrected chi connectivity index (χ3v) is 12.8. The third-order valence-electron chi connectivity index (χ3n) is 12.1. The Hall–Kier alpha value is -4.78. The number of carbonyl (C=O) groups excluding carboxylic acids is 4. The molecule has 4 heterocycles. The van der Waals surface area contributed by atoms with Crippen molar-refractivity contribution in [2.45, 2.75) is 76.0 Å². The van der Waals surface area contributed by atoms with Gasteiger partial charge < -0.3 is 34.2 Å². The van der Waals surface area contributed by atoms with Crippen molar-refractivity contribution in [2.75, 3.05) is 43.1 Å². The zero-order valence-electron chi connectivity index (χ0n) is 32.9. The lowest BCUT2D eigenvalue weighted by molar-refractivity contribution is -0.164. The molecule has 5 bridgehead atoms. The number of likely N-dealkylation sites (N-methyl/N-ethyl adjacent to an activating group) is 1. The smallest absolute Gasteiger partial charge is 0.313 e. The summed E-state index contributed by atoms with van der Waals surface area (Å²) < 4.78 is 13.8. The summed E-state index contributed by atoms with van der Waals surface area (Å²) in [6.45, 7) is 7.36. The van der Waals surface area contributed by atoms with Crippen LogP contribution < -0.4 is 9.80 Å². The van der Waals surface area contributed by atoms with Crippen molar-refractivity contribution in [1.82, 2.24) is 9.80 Å². The molecular weight excluding hydrogens is 788 g/mol. The summed E-state index contributed by atoms with van der Waals surface area (Å²) >= 11 is 3.66. The molecule has 3 aromatic carbocycles. The molecule has 4 aliphatic heterocycles. The number of fused-ring (bicyclic) bond motifs is 2. The molecule has 12 heteroatoms. The van der Waals surface area contributed by atoms with Crippen LogP contribution in [0.5, 0.6) is 0 Å². The monoisotopic (exact) mass is 838 g/mol. The summed E-state index contributed by atoms with van der Waals surface area (Å²) in [6, 6.07) is 23.9. The summed E-state index contributed by atoms with van der Waals surface area (Å²) in [7, 11) is 1.70. The Morgan fingerprint density at radius 1 is 0.895 bits per heavy atom. The molecule has 0 aliphatic carbocycles. The molecule has 0 saturated carbocycles. The number of rotatable bonds is 9. The first-order chi connectivity index (χ1) is 27.5. The number of hydrogen-bond donors (Lipinski definition) is 1. The van der Waals surface area contributed by atoms with E-state index in [4.69, 9.17) is 9.47 Å². The van der Waals surface area contributed by atoms with Crippen LogP contribution in [0.2, 0.25) is 0 Å². The van der Waals surface area contributed by atoms with Gasteiger partial charge in [-0.05, 0) is 75.1 Å². The Balaban J connectivity index is 1.37.